The van der Waals surface area contributed by atoms with Gasteiger partial charge in [0.15, 0.2) is 6.10 Å². The van der Waals surface area contributed by atoms with Crippen LogP contribution in [-0.4, -0.2) is 34.3 Å². The molecular formula is C7H10N2O3. The van der Waals surface area contributed by atoms with Crippen molar-refractivity contribution in [1.82, 2.24) is 9.97 Å². The Morgan fingerprint density at radius 3 is 3.17 bits per heavy atom. The first-order chi connectivity index (χ1) is 5.74. The number of H-pyrrole nitrogens is 1. The van der Waals surface area contributed by atoms with Gasteiger partial charge in [-0.1, -0.05) is 0 Å². The van der Waals surface area contributed by atoms with Crippen molar-refractivity contribution >= 4 is 5.97 Å². The zero-order valence-electron chi connectivity index (χ0n) is 6.65. The Kier molecular flexibility index (Phi) is 2.82. The summed E-state index contributed by atoms with van der Waals surface area (Å²) in [6.45, 7) is 0. The van der Waals surface area contributed by atoms with E-state index >= 15 is 0 Å². The minimum Gasteiger partial charge on any atom is -0.467 e. The molecule has 1 aromatic heterocycles. The Labute approximate surface area is 69.4 Å². The monoisotopic (exact) mass is 170 g/mol. The lowest BCUT2D eigenvalue weighted by atomic mass is 10.2. The number of imidazole rings is 1. The molecular weight excluding hydrogens is 160 g/mol. The Morgan fingerprint density at radius 2 is 2.67 bits per heavy atom. The third-order valence-corrected chi connectivity index (χ3v) is 1.44. The molecule has 0 saturated heterocycles. The van der Waals surface area contributed by atoms with Crippen LogP contribution in [0.2, 0.25) is 0 Å². The van der Waals surface area contributed by atoms with E-state index in [2.05, 4.69) is 14.7 Å². The average molecular weight is 170 g/mol. The first-order valence-corrected chi connectivity index (χ1v) is 3.47. The maximum absolute atomic E-state index is 10.7. The van der Waals surface area contributed by atoms with Crippen LogP contribution in [0.5, 0.6) is 0 Å². The predicted octanol–water partition coefficient (Wildman–Crippen LogP) is -0.514. The van der Waals surface area contributed by atoms with E-state index in [1.165, 1.54) is 13.4 Å². The van der Waals surface area contributed by atoms with Crippen LogP contribution in [0.25, 0.3) is 0 Å². The number of aromatic amines is 1. The molecule has 5 nitrogen and oxygen atoms in total. The van der Waals surface area contributed by atoms with Crippen molar-refractivity contribution in [2.75, 3.05) is 7.11 Å². The fraction of sp³-hybridized carbons (Fsp3) is 0.429. The lowest BCUT2D eigenvalue weighted by molar-refractivity contribution is -0.150. The summed E-state index contributed by atoms with van der Waals surface area (Å²) in [5.41, 5.74) is 0.702. The fourth-order valence-electron chi connectivity index (χ4n) is 0.824. The number of aliphatic hydroxyl groups is 1. The summed E-state index contributed by atoms with van der Waals surface area (Å²) in [7, 11) is 1.23. The highest BCUT2D eigenvalue weighted by atomic mass is 16.5. The Morgan fingerprint density at radius 1 is 1.92 bits per heavy atom. The topological polar surface area (TPSA) is 75.2 Å². The van der Waals surface area contributed by atoms with Crippen LogP contribution in [0.4, 0.5) is 0 Å². The van der Waals surface area contributed by atoms with E-state index in [0.717, 1.165) is 0 Å². The fourth-order valence-corrected chi connectivity index (χ4v) is 0.824. The molecule has 0 fully saturated rings. The average Bonchev–Trinajstić information content (AvgIpc) is 2.55. The molecule has 0 amide bonds. The molecule has 12 heavy (non-hydrogen) atoms. The Hall–Kier alpha value is -1.36. The summed E-state index contributed by atoms with van der Waals surface area (Å²) in [5, 5.41) is 9.17. The summed E-state index contributed by atoms with van der Waals surface area (Å²) < 4.78 is 4.34. The summed E-state index contributed by atoms with van der Waals surface area (Å²) in [6, 6.07) is 0. The Bertz CT molecular complexity index is 245. The molecule has 0 spiro atoms. The second-order valence-electron chi connectivity index (χ2n) is 2.32. The smallest absolute Gasteiger partial charge is 0.335 e. The predicted molar refractivity (Wildman–Crippen MR) is 40.3 cm³/mol. The van der Waals surface area contributed by atoms with Gasteiger partial charge < -0.3 is 14.8 Å². The number of aromatic nitrogens is 2. The summed E-state index contributed by atoms with van der Waals surface area (Å²) in [4.78, 5) is 17.2. The standard InChI is InChI=1S/C7H10N2O3/c1-12-7(11)6(10)2-5-3-8-4-9-5/h3-4,6,10H,2H2,1H3,(H,8,9)/t6-/m0/s1. The van der Waals surface area contributed by atoms with E-state index < -0.39 is 12.1 Å². The molecule has 0 unspecified atom stereocenters. The van der Waals surface area contributed by atoms with Gasteiger partial charge in [-0.2, -0.15) is 0 Å². The number of hydrogen-bond donors (Lipinski definition) is 2. The summed E-state index contributed by atoms with van der Waals surface area (Å²) >= 11 is 0. The molecule has 0 aliphatic carbocycles. The molecule has 0 saturated carbocycles. The van der Waals surface area contributed by atoms with Gasteiger partial charge in [-0.25, -0.2) is 9.78 Å². The van der Waals surface area contributed by atoms with Crippen molar-refractivity contribution < 1.29 is 14.6 Å². The van der Waals surface area contributed by atoms with E-state index in [-0.39, 0.29) is 6.42 Å². The lowest BCUT2D eigenvalue weighted by Gasteiger charge is -2.05. The first kappa shape index (κ1) is 8.73. The van der Waals surface area contributed by atoms with Crippen LogP contribution < -0.4 is 0 Å². The SMILES string of the molecule is COC(=O)[C@@H](O)Cc1cnc[nH]1. The number of methoxy groups -OCH3 is 1. The van der Waals surface area contributed by atoms with Crippen LogP contribution in [0.3, 0.4) is 0 Å². The minimum atomic E-state index is -1.12. The summed E-state index contributed by atoms with van der Waals surface area (Å²) in [5.74, 6) is -0.635. The van der Waals surface area contributed by atoms with Gasteiger partial charge >= 0.3 is 5.97 Å². The van der Waals surface area contributed by atoms with Crippen LogP contribution in [0.1, 0.15) is 5.69 Å². The van der Waals surface area contributed by atoms with Gasteiger partial charge in [-0.05, 0) is 0 Å². The zero-order chi connectivity index (χ0) is 8.97. The number of ether oxygens (including phenoxy) is 1. The molecule has 5 heteroatoms. The number of aliphatic hydroxyl groups excluding tert-OH is 1. The van der Waals surface area contributed by atoms with Crippen LogP contribution in [-0.2, 0) is 16.0 Å². The molecule has 0 bridgehead atoms. The van der Waals surface area contributed by atoms with Gasteiger partial charge in [-0.15, -0.1) is 0 Å². The van der Waals surface area contributed by atoms with Crippen molar-refractivity contribution in [3.05, 3.63) is 18.2 Å². The second kappa shape index (κ2) is 3.87. The van der Waals surface area contributed by atoms with Crippen molar-refractivity contribution in [3.63, 3.8) is 0 Å². The number of carbonyl (C=O) groups excluding carboxylic acids is 1. The van der Waals surface area contributed by atoms with Gasteiger partial charge in [0.1, 0.15) is 0 Å². The van der Waals surface area contributed by atoms with Crippen LogP contribution in [0, 0.1) is 0 Å². The lowest BCUT2D eigenvalue weighted by Crippen LogP contribution is -2.24. The minimum absolute atomic E-state index is 0.201. The number of rotatable bonds is 3. The largest absolute Gasteiger partial charge is 0.467 e. The van der Waals surface area contributed by atoms with Crippen molar-refractivity contribution in [3.8, 4) is 0 Å². The highest BCUT2D eigenvalue weighted by Crippen LogP contribution is 1.98. The molecule has 1 atom stereocenters. The van der Waals surface area contributed by atoms with Gasteiger partial charge in [0.2, 0.25) is 0 Å². The van der Waals surface area contributed by atoms with Crippen LogP contribution in [0.15, 0.2) is 12.5 Å². The molecule has 0 aliphatic heterocycles. The first-order valence-electron chi connectivity index (χ1n) is 3.47. The number of esters is 1. The van der Waals surface area contributed by atoms with Gasteiger partial charge in [0.05, 0.1) is 13.4 Å². The highest BCUT2D eigenvalue weighted by molar-refractivity contribution is 5.74. The number of nitrogens with one attached hydrogen (secondary N) is 1. The molecule has 2 N–H and O–H groups in total. The molecule has 1 aromatic rings. The zero-order valence-corrected chi connectivity index (χ0v) is 6.65. The van der Waals surface area contributed by atoms with E-state index in [1.807, 2.05) is 0 Å². The number of nitrogens with zero attached hydrogens (tertiary/aromatic N) is 1. The van der Waals surface area contributed by atoms with Gasteiger partial charge in [0, 0.05) is 18.3 Å². The van der Waals surface area contributed by atoms with Crippen molar-refractivity contribution in [2.24, 2.45) is 0 Å². The van der Waals surface area contributed by atoms with Crippen molar-refractivity contribution in [1.29, 1.82) is 0 Å². The van der Waals surface area contributed by atoms with E-state index in [4.69, 9.17) is 5.11 Å². The Balaban J connectivity index is 2.47. The molecule has 1 heterocycles. The third kappa shape index (κ3) is 2.06. The molecule has 0 aliphatic rings. The molecule has 0 radical (unpaired) electrons. The van der Waals surface area contributed by atoms with Crippen LogP contribution >= 0.6 is 0 Å². The normalized spacial score (nSPS) is 12.5. The second-order valence-corrected chi connectivity index (χ2v) is 2.32. The van der Waals surface area contributed by atoms with Gasteiger partial charge in [0.25, 0.3) is 0 Å². The highest BCUT2D eigenvalue weighted by Gasteiger charge is 2.15. The molecule has 66 valence electrons. The maximum Gasteiger partial charge on any atom is 0.335 e. The molecule has 1 rings (SSSR count). The third-order valence-electron chi connectivity index (χ3n) is 1.44. The number of hydrogen-bond acceptors (Lipinski definition) is 4. The van der Waals surface area contributed by atoms with E-state index in [0.29, 0.717) is 5.69 Å². The summed E-state index contributed by atoms with van der Waals surface area (Å²) in [6.07, 6.45) is 2.12. The maximum atomic E-state index is 10.7. The quantitative estimate of drug-likeness (QED) is 0.599. The number of carbonyl (C=O) groups is 1. The molecule has 0 aromatic carbocycles. The van der Waals surface area contributed by atoms with E-state index in [1.54, 1.807) is 6.20 Å². The van der Waals surface area contributed by atoms with Crippen molar-refractivity contribution in [2.45, 2.75) is 12.5 Å². The van der Waals surface area contributed by atoms with E-state index in [9.17, 15) is 4.79 Å². The van der Waals surface area contributed by atoms with Gasteiger partial charge in [-0.3, -0.25) is 0 Å².